The third-order valence-corrected chi connectivity index (χ3v) is 10.0. The Balaban J connectivity index is 0.864. The quantitative estimate of drug-likeness (QED) is 0.166. The second kappa shape index (κ2) is 13.7. The number of likely N-dealkylation sites (tertiary alicyclic amines) is 1. The molecule has 2 aliphatic carbocycles. The highest BCUT2D eigenvalue weighted by Crippen LogP contribution is 2.41. The summed E-state index contributed by atoms with van der Waals surface area (Å²) in [7, 11) is 0. The van der Waals surface area contributed by atoms with Crippen molar-refractivity contribution in [2.75, 3.05) is 32.8 Å². The van der Waals surface area contributed by atoms with Crippen molar-refractivity contribution in [2.45, 2.75) is 76.3 Å². The fraction of sp³-hybridized carbons (Fsp3) is 0.474. The van der Waals surface area contributed by atoms with Crippen LogP contribution in [0.3, 0.4) is 0 Å². The fourth-order valence-electron chi connectivity index (χ4n) is 7.06. The number of pyridine rings is 1. The van der Waals surface area contributed by atoms with Crippen molar-refractivity contribution in [1.29, 1.82) is 0 Å². The number of halogens is 3. The molecule has 1 saturated carbocycles. The molecule has 2 aromatic heterocycles. The number of hydrogen-bond acceptors (Lipinski definition) is 5. The van der Waals surface area contributed by atoms with Gasteiger partial charge in [0.1, 0.15) is 22.8 Å². The van der Waals surface area contributed by atoms with E-state index in [1.54, 1.807) is 24.3 Å². The molecule has 1 aliphatic heterocycles. The molecule has 3 heterocycles. The van der Waals surface area contributed by atoms with E-state index >= 15 is 0 Å². The second-order valence-electron chi connectivity index (χ2n) is 13.5. The zero-order valence-corrected chi connectivity index (χ0v) is 26.7. The normalized spacial score (nSPS) is 17.5. The van der Waals surface area contributed by atoms with Crippen LogP contribution in [0, 0.1) is 5.92 Å². The van der Waals surface area contributed by atoms with Crippen LogP contribution in [-0.4, -0.2) is 48.6 Å². The van der Waals surface area contributed by atoms with Gasteiger partial charge in [-0.1, -0.05) is 12.1 Å². The number of alkyl halides is 3. The van der Waals surface area contributed by atoms with Gasteiger partial charge in [-0.15, -0.1) is 0 Å². The van der Waals surface area contributed by atoms with Crippen molar-refractivity contribution in [1.82, 2.24) is 15.2 Å². The molecular weight excluding hydrogens is 603 g/mol. The summed E-state index contributed by atoms with van der Waals surface area (Å²) >= 11 is 0. The van der Waals surface area contributed by atoms with Gasteiger partial charge in [0.05, 0.1) is 6.61 Å². The Bertz CT molecular complexity index is 1700. The van der Waals surface area contributed by atoms with Crippen molar-refractivity contribution < 1.29 is 27.1 Å². The minimum absolute atomic E-state index is 0.156. The predicted octanol–water partition coefficient (Wildman–Crippen LogP) is 8.57. The lowest BCUT2D eigenvalue weighted by Gasteiger charge is -2.34. The minimum atomic E-state index is -4.50. The molecule has 2 fully saturated rings. The van der Waals surface area contributed by atoms with E-state index in [1.165, 1.54) is 60.6 Å². The van der Waals surface area contributed by atoms with E-state index in [9.17, 15) is 18.0 Å². The summed E-state index contributed by atoms with van der Waals surface area (Å²) in [6, 6.07) is 13.9. The van der Waals surface area contributed by atoms with E-state index in [0.29, 0.717) is 40.3 Å². The Morgan fingerprint density at radius 1 is 0.979 bits per heavy atom. The number of piperidine rings is 1. The van der Waals surface area contributed by atoms with Gasteiger partial charge in [-0.3, -0.25) is 9.78 Å². The molecule has 47 heavy (non-hydrogen) atoms. The first-order chi connectivity index (χ1) is 22.8. The lowest BCUT2D eigenvalue weighted by molar-refractivity contribution is -0.141. The van der Waals surface area contributed by atoms with E-state index in [4.69, 9.17) is 9.15 Å². The van der Waals surface area contributed by atoms with Gasteiger partial charge in [-0.05, 0) is 149 Å². The maximum atomic E-state index is 12.9. The maximum Gasteiger partial charge on any atom is 0.433 e. The molecule has 0 unspecified atom stereocenters. The van der Waals surface area contributed by atoms with Crippen LogP contribution in [0.5, 0.6) is 5.75 Å². The Kier molecular flexibility index (Phi) is 9.26. The highest BCUT2D eigenvalue weighted by atomic mass is 19.4. The molecule has 0 bridgehead atoms. The minimum Gasteiger partial charge on any atom is -0.493 e. The van der Waals surface area contributed by atoms with Gasteiger partial charge in [0, 0.05) is 29.3 Å². The number of amides is 1. The summed E-state index contributed by atoms with van der Waals surface area (Å²) in [4.78, 5) is 18.9. The molecule has 1 N–H and O–H groups in total. The van der Waals surface area contributed by atoms with Gasteiger partial charge >= 0.3 is 6.18 Å². The van der Waals surface area contributed by atoms with Crippen molar-refractivity contribution in [2.24, 2.45) is 5.92 Å². The van der Waals surface area contributed by atoms with Crippen LogP contribution in [0.2, 0.25) is 0 Å². The number of aromatic nitrogens is 1. The standard InChI is InChI=1S/C38H42F3N3O3/c39-38(40,41)35-14-11-29(23-43-35)34-22-30-21-28(10-13-33(30)47-34)37(45)42-17-3-4-18-44-19-15-27(16-20-44)32-12-9-26-5-1-2-6-31(26)36(32)46-24-25-7-8-25/h9-14,21-23,25,27H,1-8,15-20,24H2,(H,42,45). The molecule has 1 saturated heterocycles. The maximum absolute atomic E-state index is 12.9. The molecule has 4 aromatic rings. The van der Waals surface area contributed by atoms with Gasteiger partial charge in [0.15, 0.2) is 0 Å². The molecule has 0 radical (unpaired) electrons. The summed E-state index contributed by atoms with van der Waals surface area (Å²) in [6.07, 6.45) is 8.38. The first-order valence-electron chi connectivity index (χ1n) is 17.2. The smallest absolute Gasteiger partial charge is 0.433 e. The number of nitrogens with one attached hydrogen (secondary N) is 1. The van der Waals surface area contributed by atoms with Crippen LogP contribution >= 0.6 is 0 Å². The first-order valence-corrected chi connectivity index (χ1v) is 17.2. The average molecular weight is 646 g/mol. The van der Waals surface area contributed by atoms with Crippen molar-refractivity contribution >= 4 is 16.9 Å². The summed E-state index contributed by atoms with van der Waals surface area (Å²) in [5.41, 5.74) is 4.98. The lowest BCUT2D eigenvalue weighted by atomic mass is 9.83. The van der Waals surface area contributed by atoms with Gasteiger partial charge in [0.2, 0.25) is 0 Å². The molecule has 7 rings (SSSR count). The Labute approximate surface area is 273 Å². The number of carbonyl (C=O) groups is 1. The molecule has 3 aliphatic rings. The zero-order chi connectivity index (χ0) is 32.4. The number of fused-ring (bicyclic) bond motifs is 2. The van der Waals surface area contributed by atoms with E-state index in [1.807, 2.05) is 0 Å². The molecule has 6 nitrogen and oxygen atoms in total. The number of nitrogens with zero attached hydrogens (tertiary/aromatic N) is 2. The van der Waals surface area contributed by atoms with Crippen LogP contribution in [0.1, 0.15) is 90.0 Å². The number of rotatable bonds is 11. The largest absolute Gasteiger partial charge is 0.493 e. The van der Waals surface area contributed by atoms with Gasteiger partial charge < -0.3 is 19.4 Å². The van der Waals surface area contributed by atoms with Crippen LogP contribution in [0.25, 0.3) is 22.3 Å². The van der Waals surface area contributed by atoms with E-state index in [0.717, 1.165) is 76.5 Å². The number of carbonyl (C=O) groups excluding carboxylic acids is 1. The number of unbranched alkanes of at least 4 members (excludes halogenated alkanes) is 1. The Morgan fingerprint density at radius 2 is 1.81 bits per heavy atom. The van der Waals surface area contributed by atoms with E-state index in [2.05, 4.69) is 27.3 Å². The third kappa shape index (κ3) is 7.51. The van der Waals surface area contributed by atoms with E-state index < -0.39 is 11.9 Å². The summed E-state index contributed by atoms with van der Waals surface area (Å²) in [5.74, 6) is 2.78. The highest BCUT2D eigenvalue weighted by Gasteiger charge is 2.32. The van der Waals surface area contributed by atoms with Crippen LogP contribution in [0.4, 0.5) is 13.2 Å². The average Bonchev–Trinajstić information content (AvgIpc) is 3.82. The van der Waals surface area contributed by atoms with Gasteiger partial charge in [0.25, 0.3) is 5.91 Å². The van der Waals surface area contributed by atoms with Crippen LogP contribution in [0.15, 0.2) is 59.1 Å². The van der Waals surface area contributed by atoms with E-state index in [-0.39, 0.29) is 5.91 Å². The lowest BCUT2D eigenvalue weighted by Crippen LogP contribution is -2.34. The number of hydrogen-bond donors (Lipinski definition) is 1. The van der Waals surface area contributed by atoms with Crippen molar-refractivity contribution in [3.05, 3.63) is 82.7 Å². The summed E-state index contributed by atoms with van der Waals surface area (Å²) in [6.45, 7) is 4.68. The molecule has 9 heteroatoms. The van der Waals surface area contributed by atoms with Gasteiger partial charge in [-0.25, -0.2) is 0 Å². The zero-order valence-electron chi connectivity index (χ0n) is 26.7. The monoisotopic (exact) mass is 645 g/mol. The Hall–Kier alpha value is -3.85. The van der Waals surface area contributed by atoms with Crippen molar-refractivity contribution in [3.8, 4) is 17.1 Å². The first kappa shape index (κ1) is 31.7. The number of furan rings is 1. The molecule has 0 atom stereocenters. The number of ether oxygens (including phenoxy) is 1. The molecule has 248 valence electrons. The molecule has 0 spiro atoms. The fourth-order valence-corrected chi connectivity index (χ4v) is 7.06. The number of aryl methyl sites for hydroxylation is 1. The number of benzene rings is 2. The topological polar surface area (TPSA) is 67.6 Å². The van der Waals surface area contributed by atoms with Crippen LogP contribution in [-0.2, 0) is 19.0 Å². The predicted molar refractivity (Wildman–Crippen MR) is 176 cm³/mol. The SMILES string of the molecule is O=C(NCCCCN1CCC(c2ccc3c(c2OCC2CC2)CCCC3)CC1)c1ccc2oc(-c3ccc(C(F)(F)F)nc3)cc2c1. The van der Waals surface area contributed by atoms with Crippen molar-refractivity contribution in [3.63, 3.8) is 0 Å². The van der Waals surface area contributed by atoms with Crippen LogP contribution < -0.4 is 10.1 Å². The Morgan fingerprint density at radius 3 is 2.57 bits per heavy atom. The summed E-state index contributed by atoms with van der Waals surface area (Å²) in [5, 5.41) is 3.73. The summed E-state index contributed by atoms with van der Waals surface area (Å²) < 4.78 is 50.9. The van der Waals surface area contributed by atoms with Gasteiger partial charge in [-0.2, -0.15) is 13.2 Å². The molecular formula is C38H42F3N3O3. The molecule has 1 amide bonds. The molecule has 2 aromatic carbocycles. The highest BCUT2D eigenvalue weighted by molar-refractivity contribution is 5.98. The third-order valence-electron chi connectivity index (χ3n) is 10.0. The second-order valence-corrected chi connectivity index (χ2v) is 13.5.